The summed E-state index contributed by atoms with van der Waals surface area (Å²) in [5.74, 6) is 0.279. The van der Waals surface area contributed by atoms with Gasteiger partial charge in [0, 0.05) is 13.0 Å². The Morgan fingerprint density at radius 2 is 2.25 bits per heavy atom. The number of hydrogen-bond donors (Lipinski definition) is 2. The van der Waals surface area contributed by atoms with E-state index in [-0.39, 0.29) is 5.96 Å². The van der Waals surface area contributed by atoms with Gasteiger partial charge in [0.2, 0.25) is 5.89 Å². The van der Waals surface area contributed by atoms with Crippen molar-refractivity contribution < 1.29 is 9.15 Å². The van der Waals surface area contributed by atoms with Gasteiger partial charge in [-0.25, -0.2) is 14.8 Å². The Labute approximate surface area is 115 Å². The first-order valence-electron chi connectivity index (χ1n) is 6.21. The minimum Gasteiger partial charge on any atom is -0.408 e. The zero-order chi connectivity index (χ0) is 14.5. The smallest absolute Gasteiger partial charge is 0.346 e. The van der Waals surface area contributed by atoms with E-state index in [1.807, 2.05) is 6.92 Å². The van der Waals surface area contributed by atoms with Crippen molar-refractivity contribution in [3.05, 3.63) is 34.5 Å². The fraction of sp³-hybridized carbons (Fsp3) is 0.308. The number of benzene rings is 1. The van der Waals surface area contributed by atoms with E-state index in [4.69, 9.17) is 20.6 Å². The van der Waals surface area contributed by atoms with Crippen molar-refractivity contribution in [2.45, 2.75) is 13.3 Å². The van der Waals surface area contributed by atoms with Gasteiger partial charge in [-0.1, -0.05) is 0 Å². The van der Waals surface area contributed by atoms with Gasteiger partial charge in [0.15, 0.2) is 5.96 Å². The monoisotopic (exact) mass is 276 g/mol. The van der Waals surface area contributed by atoms with E-state index in [9.17, 15) is 4.79 Å². The first-order chi connectivity index (χ1) is 9.60. The zero-order valence-electron chi connectivity index (χ0n) is 11.1. The molecule has 0 amide bonds. The Morgan fingerprint density at radius 1 is 1.45 bits per heavy atom. The molecule has 1 aromatic carbocycles. The van der Waals surface area contributed by atoms with Crippen LogP contribution < -0.4 is 17.1 Å². The number of nitrogens with zero attached hydrogens (tertiary/aromatic N) is 2. The fourth-order valence-corrected chi connectivity index (χ4v) is 1.73. The van der Waals surface area contributed by atoms with E-state index in [0.717, 1.165) is 0 Å². The molecule has 7 nitrogen and oxygen atoms in total. The second-order valence-electron chi connectivity index (χ2n) is 4.08. The average molecular weight is 276 g/mol. The average Bonchev–Trinajstić information content (AvgIpc) is 2.38. The number of guanidine groups is 1. The van der Waals surface area contributed by atoms with Crippen LogP contribution in [0.5, 0.6) is 0 Å². The van der Waals surface area contributed by atoms with Gasteiger partial charge in [0.1, 0.15) is 0 Å². The highest BCUT2D eigenvalue weighted by atomic mass is 16.5. The molecule has 0 aliphatic carbocycles. The van der Waals surface area contributed by atoms with E-state index in [0.29, 0.717) is 42.1 Å². The molecular weight excluding hydrogens is 260 g/mol. The van der Waals surface area contributed by atoms with Gasteiger partial charge in [-0.2, -0.15) is 0 Å². The molecule has 20 heavy (non-hydrogen) atoms. The summed E-state index contributed by atoms with van der Waals surface area (Å²) in [5, 5.41) is 0.389. The topological polar surface area (TPSA) is 117 Å². The molecule has 4 N–H and O–H groups in total. The molecule has 1 aromatic heterocycles. The Kier molecular flexibility index (Phi) is 4.31. The van der Waals surface area contributed by atoms with Crippen molar-refractivity contribution in [3.63, 3.8) is 0 Å². The van der Waals surface area contributed by atoms with Crippen molar-refractivity contribution in [2.24, 2.45) is 16.5 Å². The Hall–Kier alpha value is -2.41. The number of aliphatic imine (C=N–C) groups is 1. The Morgan fingerprint density at radius 3 is 2.95 bits per heavy atom. The summed E-state index contributed by atoms with van der Waals surface area (Å²) < 4.78 is 10.3. The molecule has 0 spiro atoms. The van der Waals surface area contributed by atoms with E-state index in [1.165, 1.54) is 0 Å². The molecule has 106 valence electrons. The molecular formula is C13H16N4O3. The van der Waals surface area contributed by atoms with Gasteiger partial charge in [0.25, 0.3) is 0 Å². The third kappa shape index (κ3) is 3.33. The largest absolute Gasteiger partial charge is 0.408 e. The molecule has 1 heterocycles. The summed E-state index contributed by atoms with van der Waals surface area (Å²) in [5.41, 5.74) is 11.2. The van der Waals surface area contributed by atoms with Crippen LogP contribution in [0.2, 0.25) is 0 Å². The summed E-state index contributed by atoms with van der Waals surface area (Å²) in [7, 11) is 0. The van der Waals surface area contributed by atoms with Crippen LogP contribution in [0, 0.1) is 0 Å². The summed E-state index contributed by atoms with van der Waals surface area (Å²) in [4.78, 5) is 20.0. The fourth-order valence-electron chi connectivity index (χ4n) is 1.73. The van der Waals surface area contributed by atoms with Gasteiger partial charge < -0.3 is 20.6 Å². The van der Waals surface area contributed by atoms with Crippen LogP contribution in [-0.4, -0.2) is 24.2 Å². The standard InChI is InChI=1S/C13H16N4O3/c1-2-19-6-5-11-17-10-7-8(16-13(14)15)3-4-9(10)12(18)20-11/h3-4,7H,2,5-6H2,1H3,(H4,14,15,16). The minimum absolute atomic E-state index is 0.0520. The maximum atomic E-state index is 11.8. The van der Waals surface area contributed by atoms with E-state index >= 15 is 0 Å². The first kappa shape index (κ1) is 14.0. The molecule has 0 atom stereocenters. The van der Waals surface area contributed by atoms with Gasteiger partial charge in [0.05, 0.1) is 23.2 Å². The number of ether oxygens (including phenoxy) is 1. The Balaban J connectivity index is 2.39. The summed E-state index contributed by atoms with van der Waals surface area (Å²) >= 11 is 0. The van der Waals surface area contributed by atoms with Crippen LogP contribution in [0.1, 0.15) is 12.8 Å². The lowest BCUT2D eigenvalue weighted by Crippen LogP contribution is -2.21. The van der Waals surface area contributed by atoms with Crippen LogP contribution in [0.3, 0.4) is 0 Å². The van der Waals surface area contributed by atoms with Gasteiger partial charge >= 0.3 is 5.63 Å². The normalized spacial score (nSPS) is 10.7. The highest BCUT2D eigenvalue weighted by Gasteiger charge is 2.07. The third-order valence-electron chi connectivity index (χ3n) is 2.58. The maximum Gasteiger partial charge on any atom is 0.346 e. The van der Waals surface area contributed by atoms with Gasteiger partial charge in [-0.15, -0.1) is 0 Å². The predicted octanol–water partition coefficient (Wildman–Crippen LogP) is 0.672. The van der Waals surface area contributed by atoms with E-state index in [1.54, 1.807) is 18.2 Å². The maximum absolute atomic E-state index is 11.8. The number of hydrogen-bond acceptors (Lipinski definition) is 5. The molecule has 0 fully saturated rings. The third-order valence-corrected chi connectivity index (χ3v) is 2.58. The lowest BCUT2D eigenvalue weighted by molar-refractivity contribution is 0.145. The van der Waals surface area contributed by atoms with E-state index in [2.05, 4.69) is 9.98 Å². The van der Waals surface area contributed by atoms with Crippen molar-refractivity contribution in [3.8, 4) is 0 Å². The number of nitrogens with two attached hydrogens (primary N) is 2. The summed E-state index contributed by atoms with van der Waals surface area (Å²) in [6.45, 7) is 2.95. The number of fused-ring (bicyclic) bond motifs is 1. The van der Waals surface area contributed by atoms with Crippen molar-refractivity contribution in [1.82, 2.24) is 4.98 Å². The van der Waals surface area contributed by atoms with Crippen LogP contribution in [-0.2, 0) is 11.2 Å². The molecule has 0 saturated heterocycles. The predicted molar refractivity (Wildman–Crippen MR) is 75.9 cm³/mol. The second-order valence-corrected chi connectivity index (χ2v) is 4.08. The van der Waals surface area contributed by atoms with E-state index < -0.39 is 5.63 Å². The quantitative estimate of drug-likeness (QED) is 0.471. The van der Waals surface area contributed by atoms with Crippen LogP contribution >= 0.6 is 0 Å². The van der Waals surface area contributed by atoms with Crippen molar-refractivity contribution in [1.29, 1.82) is 0 Å². The summed E-state index contributed by atoms with van der Waals surface area (Å²) in [6.07, 6.45) is 0.436. The SMILES string of the molecule is CCOCCc1nc2cc(N=C(N)N)ccc2c(=O)o1. The van der Waals surface area contributed by atoms with Gasteiger partial charge in [-0.3, -0.25) is 0 Å². The second kappa shape index (κ2) is 6.16. The number of aromatic nitrogens is 1. The molecule has 0 bridgehead atoms. The summed E-state index contributed by atoms with van der Waals surface area (Å²) in [6, 6.07) is 4.85. The molecule has 0 radical (unpaired) electrons. The highest BCUT2D eigenvalue weighted by Crippen LogP contribution is 2.17. The Bertz CT molecular complexity index is 690. The first-order valence-corrected chi connectivity index (χ1v) is 6.21. The van der Waals surface area contributed by atoms with Crippen LogP contribution in [0.25, 0.3) is 10.9 Å². The molecule has 2 rings (SSSR count). The molecule has 0 aliphatic heterocycles. The molecule has 0 unspecified atom stereocenters. The molecule has 0 aliphatic rings. The van der Waals surface area contributed by atoms with Gasteiger partial charge in [-0.05, 0) is 25.1 Å². The number of rotatable bonds is 5. The van der Waals surface area contributed by atoms with Crippen LogP contribution in [0.4, 0.5) is 5.69 Å². The lowest BCUT2D eigenvalue weighted by atomic mass is 10.2. The lowest BCUT2D eigenvalue weighted by Gasteiger charge is -2.03. The van der Waals surface area contributed by atoms with Crippen molar-refractivity contribution in [2.75, 3.05) is 13.2 Å². The minimum atomic E-state index is -0.433. The molecule has 7 heteroatoms. The van der Waals surface area contributed by atoms with Crippen LogP contribution in [0.15, 0.2) is 32.4 Å². The highest BCUT2D eigenvalue weighted by molar-refractivity contribution is 5.84. The molecule has 2 aromatic rings. The van der Waals surface area contributed by atoms with Crippen molar-refractivity contribution >= 4 is 22.5 Å². The molecule has 0 saturated carbocycles. The zero-order valence-corrected chi connectivity index (χ0v) is 11.1.